The number of carbonyl (C=O) groups is 1. The van der Waals surface area contributed by atoms with Crippen molar-refractivity contribution in [3.8, 4) is 11.5 Å². The standard InChI is InChI=1S/C28H37NO3/c1-17(2)14-29(15-18(3)4)16-23-24(30)12-20(7)26-27(31)25(32-28(23)26)13-21-8-10-22(11-9-21)19(5)6/h8-13,17-19,30H,14-16H2,1-7H3/b25-13+. The van der Waals surface area contributed by atoms with Crippen LogP contribution in [0.3, 0.4) is 0 Å². The maximum Gasteiger partial charge on any atom is 0.232 e. The normalized spacial score (nSPS) is 14.8. The number of rotatable bonds is 8. The van der Waals surface area contributed by atoms with E-state index in [1.165, 1.54) is 5.56 Å². The number of allylic oxidation sites excluding steroid dienone is 1. The number of phenolic OH excluding ortho intramolecular Hbond substituents is 1. The molecule has 1 heterocycles. The van der Waals surface area contributed by atoms with Crippen molar-refractivity contribution in [2.75, 3.05) is 13.1 Å². The number of benzene rings is 2. The Morgan fingerprint density at radius 2 is 1.59 bits per heavy atom. The van der Waals surface area contributed by atoms with Gasteiger partial charge in [-0.2, -0.15) is 0 Å². The van der Waals surface area contributed by atoms with Crippen LogP contribution in [0.2, 0.25) is 0 Å². The number of hydrogen-bond donors (Lipinski definition) is 1. The van der Waals surface area contributed by atoms with Gasteiger partial charge in [-0.15, -0.1) is 0 Å². The third-order valence-electron chi connectivity index (χ3n) is 5.75. The smallest absolute Gasteiger partial charge is 0.232 e. The molecule has 0 saturated heterocycles. The average molecular weight is 436 g/mol. The maximum atomic E-state index is 13.2. The molecule has 2 aromatic carbocycles. The van der Waals surface area contributed by atoms with Crippen molar-refractivity contribution in [1.29, 1.82) is 0 Å². The number of carbonyl (C=O) groups excluding carboxylic acids is 1. The van der Waals surface area contributed by atoms with Gasteiger partial charge in [0.15, 0.2) is 5.76 Å². The summed E-state index contributed by atoms with van der Waals surface area (Å²) in [6, 6.07) is 9.89. The van der Waals surface area contributed by atoms with Crippen LogP contribution >= 0.6 is 0 Å². The minimum atomic E-state index is -0.119. The highest BCUT2D eigenvalue weighted by Crippen LogP contribution is 2.42. The Morgan fingerprint density at radius 1 is 1.00 bits per heavy atom. The van der Waals surface area contributed by atoms with Crippen LogP contribution < -0.4 is 4.74 Å². The first kappa shape index (κ1) is 24.1. The number of aromatic hydroxyl groups is 1. The van der Waals surface area contributed by atoms with Crippen molar-refractivity contribution < 1.29 is 14.6 Å². The summed E-state index contributed by atoms with van der Waals surface area (Å²) >= 11 is 0. The second kappa shape index (κ2) is 9.91. The highest BCUT2D eigenvalue weighted by Gasteiger charge is 2.33. The lowest BCUT2D eigenvalue weighted by Crippen LogP contribution is -2.31. The van der Waals surface area contributed by atoms with Gasteiger partial charge in [0.05, 0.1) is 11.1 Å². The molecule has 0 aliphatic carbocycles. The number of Topliss-reactive ketones (excluding diaryl/α,β-unsaturated/α-hetero) is 1. The fourth-order valence-corrected chi connectivity index (χ4v) is 4.32. The second-order valence-electron chi connectivity index (χ2n) is 10.1. The quantitative estimate of drug-likeness (QED) is 0.477. The molecule has 3 rings (SSSR count). The molecule has 4 nitrogen and oxygen atoms in total. The minimum absolute atomic E-state index is 0.119. The van der Waals surface area contributed by atoms with Crippen molar-refractivity contribution in [3.63, 3.8) is 0 Å². The summed E-state index contributed by atoms with van der Waals surface area (Å²) < 4.78 is 6.13. The third-order valence-corrected chi connectivity index (χ3v) is 5.75. The summed E-state index contributed by atoms with van der Waals surface area (Å²) in [6.45, 7) is 17.3. The van der Waals surface area contributed by atoms with Gasteiger partial charge in [-0.25, -0.2) is 0 Å². The summed E-state index contributed by atoms with van der Waals surface area (Å²) in [4.78, 5) is 15.5. The number of aryl methyl sites for hydroxylation is 1. The molecule has 0 amide bonds. The summed E-state index contributed by atoms with van der Waals surface area (Å²) in [5.74, 6) is 2.35. The van der Waals surface area contributed by atoms with E-state index in [1.807, 2.05) is 19.1 Å². The Kier molecular flexibility index (Phi) is 7.45. The molecule has 0 saturated carbocycles. The van der Waals surface area contributed by atoms with E-state index in [0.717, 1.165) is 24.2 Å². The lowest BCUT2D eigenvalue weighted by Gasteiger charge is -2.27. The predicted molar refractivity (Wildman–Crippen MR) is 131 cm³/mol. The monoisotopic (exact) mass is 435 g/mol. The zero-order chi connectivity index (χ0) is 23.6. The lowest BCUT2D eigenvalue weighted by molar-refractivity contribution is 0.101. The molecular weight excluding hydrogens is 398 g/mol. The SMILES string of the molecule is Cc1cc(O)c(CN(CC(C)C)CC(C)C)c2c1C(=O)/C(=C\c1ccc(C(C)C)cc1)O2. The number of hydrogen-bond acceptors (Lipinski definition) is 4. The van der Waals surface area contributed by atoms with Gasteiger partial charge in [-0.3, -0.25) is 9.69 Å². The molecule has 0 bridgehead atoms. The number of fused-ring (bicyclic) bond motifs is 1. The zero-order valence-electron chi connectivity index (χ0n) is 20.5. The lowest BCUT2D eigenvalue weighted by atomic mass is 9.98. The zero-order valence-corrected chi connectivity index (χ0v) is 20.5. The fourth-order valence-electron chi connectivity index (χ4n) is 4.32. The van der Waals surface area contributed by atoms with E-state index >= 15 is 0 Å². The molecule has 172 valence electrons. The maximum absolute atomic E-state index is 13.2. The van der Waals surface area contributed by atoms with E-state index in [9.17, 15) is 9.90 Å². The van der Waals surface area contributed by atoms with Gasteiger partial charge in [-0.05, 0) is 53.5 Å². The van der Waals surface area contributed by atoms with Crippen molar-refractivity contribution in [2.24, 2.45) is 11.8 Å². The van der Waals surface area contributed by atoms with Crippen LogP contribution in [-0.2, 0) is 6.54 Å². The van der Waals surface area contributed by atoms with Gasteiger partial charge in [0.25, 0.3) is 0 Å². The number of phenols is 1. The van der Waals surface area contributed by atoms with Crippen LogP contribution in [0.25, 0.3) is 6.08 Å². The van der Waals surface area contributed by atoms with Crippen LogP contribution in [0.4, 0.5) is 0 Å². The highest BCUT2D eigenvalue weighted by atomic mass is 16.5. The van der Waals surface area contributed by atoms with Crippen LogP contribution in [0.5, 0.6) is 11.5 Å². The number of nitrogens with zero attached hydrogens (tertiary/aromatic N) is 1. The molecule has 4 heteroatoms. The first-order chi connectivity index (χ1) is 15.1. The van der Waals surface area contributed by atoms with Crippen molar-refractivity contribution in [1.82, 2.24) is 4.90 Å². The molecule has 0 unspecified atom stereocenters. The molecule has 0 atom stereocenters. The minimum Gasteiger partial charge on any atom is -0.507 e. The fraction of sp³-hybridized carbons (Fsp3) is 0.464. The summed E-state index contributed by atoms with van der Waals surface area (Å²) in [5.41, 5.74) is 4.18. The van der Waals surface area contributed by atoms with Crippen molar-refractivity contribution >= 4 is 11.9 Å². The Balaban J connectivity index is 1.95. The predicted octanol–water partition coefficient (Wildman–Crippen LogP) is 6.55. The molecule has 32 heavy (non-hydrogen) atoms. The Labute approximate surface area is 192 Å². The first-order valence-electron chi connectivity index (χ1n) is 11.7. The molecule has 2 aromatic rings. The molecule has 1 N–H and O–H groups in total. The Bertz CT molecular complexity index is 990. The van der Waals surface area contributed by atoms with E-state index < -0.39 is 0 Å². The molecule has 0 aromatic heterocycles. The topological polar surface area (TPSA) is 49.8 Å². The Morgan fingerprint density at radius 3 is 2.12 bits per heavy atom. The van der Waals surface area contributed by atoms with E-state index in [1.54, 1.807) is 12.1 Å². The summed E-state index contributed by atoms with van der Waals surface area (Å²) in [7, 11) is 0. The second-order valence-corrected chi connectivity index (χ2v) is 10.1. The molecule has 0 fully saturated rings. The number of ether oxygens (including phenoxy) is 1. The molecule has 0 radical (unpaired) electrons. The van der Waals surface area contributed by atoms with Gasteiger partial charge < -0.3 is 9.84 Å². The first-order valence-corrected chi connectivity index (χ1v) is 11.7. The van der Waals surface area contributed by atoms with E-state index in [-0.39, 0.29) is 11.5 Å². The Hall–Kier alpha value is -2.59. The summed E-state index contributed by atoms with van der Waals surface area (Å²) in [6.07, 6.45) is 1.80. The van der Waals surface area contributed by atoms with Gasteiger partial charge in [0.1, 0.15) is 11.5 Å². The van der Waals surface area contributed by atoms with Crippen molar-refractivity contribution in [2.45, 2.75) is 60.9 Å². The van der Waals surface area contributed by atoms with E-state index in [4.69, 9.17) is 4.74 Å². The van der Waals surface area contributed by atoms with Crippen LogP contribution in [-0.4, -0.2) is 28.9 Å². The molecule has 1 aliphatic rings. The van der Waals surface area contributed by atoms with Gasteiger partial charge in [0.2, 0.25) is 5.78 Å². The largest absolute Gasteiger partial charge is 0.507 e. The third kappa shape index (κ3) is 5.42. The van der Waals surface area contributed by atoms with Gasteiger partial charge in [-0.1, -0.05) is 65.8 Å². The van der Waals surface area contributed by atoms with Crippen LogP contribution in [0, 0.1) is 18.8 Å². The van der Waals surface area contributed by atoms with Crippen LogP contribution in [0.1, 0.15) is 80.1 Å². The van der Waals surface area contributed by atoms with Gasteiger partial charge in [0, 0.05) is 19.6 Å². The number of ketones is 1. The van der Waals surface area contributed by atoms with Crippen molar-refractivity contribution in [3.05, 3.63) is 63.9 Å². The van der Waals surface area contributed by atoms with Crippen LogP contribution in [0.15, 0.2) is 36.1 Å². The van der Waals surface area contributed by atoms with E-state index in [0.29, 0.717) is 46.9 Å². The highest BCUT2D eigenvalue weighted by molar-refractivity contribution is 6.15. The molecule has 1 aliphatic heterocycles. The average Bonchev–Trinajstić information content (AvgIpc) is 3.01. The van der Waals surface area contributed by atoms with Gasteiger partial charge >= 0.3 is 0 Å². The molecular formula is C28H37NO3. The van der Waals surface area contributed by atoms with E-state index in [2.05, 4.69) is 58.6 Å². The summed E-state index contributed by atoms with van der Waals surface area (Å²) in [5, 5.41) is 10.8. The molecule has 0 spiro atoms.